The van der Waals surface area contributed by atoms with Crippen LogP contribution < -0.4 is 5.32 Å². The van der Waals surface area contributed by atoms with Gasteiger partial charge in [-0.25, -0.2) is 0 Å². The lowest BCUT2D eigenvalue weighted by molar-refractivity contribution is -0.139. The highest BCUT2D eigenvalue weighted by Gasteiger charge is 2.29. The van der Waals surface area contributed by atoms with E-state index < -0.39 is 6.04 Å². The molecule has 156 valence electrons. The van der Waals surface area contributed by atoms with Crippen LogP contribution in [0.15, 0.2) is 60.7 Å². The lowest BCUT2D eigenvalue weighted by atomic mass is 10.1. The van der Waals surface area contributed by atoms with Crippen LogP contribution in [0.2, 0.25) is 0 Å². The fourth-order valence-corrected chi connectivity index (χ4v) is 3.92. The first kappa shape index (κ1) is 23.0. The average molecular weight is 413 g/mol. The fourth-order valence-electron chi connectivity index (χ4n) is 3.05. The van der Waals surface area contributed by atoms with Gasteiger partial charge >= 0.3 is 0 Å². The molecule has 0 heterocycles. The molecule has 0 spiro atoms. The van der Waals surface area contributed by atoms with Gasteiger partial charge in [0.15, 0.2) is 0 Å². The van der Waals surface area contributed by atoms with E-state index in [0.29, 0.717) is 18.7 Å². The highest BCUT2D eigenvalue weighted by atomic mass is 32.2. The Labute approximate surface area is 179 Å². The van der Waals surface area contributed by atoms with Gasteiger partial charge in [0.25, 0.3) is 0 Å². The molecule has 0 radical (unpaired) electrons. The molecule has 0 aliphatic rings. The Hall–Kier alpha value is -2.27. The minimum Gasteiger partial charge on any atom is -0.352 e. The second kappa shape index (κ2) is 12.3. The molecule has 2 aromatic carbocycles. The minimum atomic E-state index is -0.464. The monoisotopic (exact) mass is 412 g/mol. The molecule has 2 atom stereocenters. The van der Waals surface area contributed by atoms with Gasteiger partial charge in [-0.15, -0.1) is 11.8 Å². The lowest BCUT2D eigenvalue weighted by Crippen LogP contribution is -2.51. The predicted octanol–water partition coefficient (Wildman–Crippen LogP) is 4.64. The summed E-state index contributed by atoms with van der Waals surface area (Å²) < 4.78 is 0. The Morgan fingerprint density at radius 2 is 1.52 bits per heavy atom. The second-order valence-corrected chi connectivity index (χ2v) is 8.21. The van der Waals surface area contributed by atoms with E-state index >= 15 is 0 Å². The number of rotatable bonds is 11. The van der Waals surface area contributed by atoms with Crippen LogP contribution in [0.3, 0.4) is 0 Å². The van der Waals surface area contributed by atoms with Gasteiger partial charge in [0.2, 0.25) is 11.8 Å². The van der Waals surface area contributed by atoms with Gasteiger partial charge in [0.05, 0.1) is 5.75 Å². The van der Waals surface area contributed by atoms with Crippen LogP contribution in [-0.4, -0.2) is 34.6 Å². The highest BCUT2D eigenvalue weighted by Crippen LogP contribution is 2.17. The number of carbonyl (C=O) groups excluding carboxylic acids is 2. The van der Waals surface area contributed by atoms with Crippen LogP contribution in [0.25, 0.3) is 0 Å². The Balaban J connectivity index is 2.09. The van der Waals surface area contributed by atoms with E-state index in [2.05, 4.69) is 17.4 Å². The van der Waals surface area contributed by atoms with Crippen LogP contribution in [0.4, 0.5) is 0 Å². The SMILES string of the molecule is CC[C@H](C)NC(=O)[C@H](CC)N(Cc1ccccc1)C(=O)CSCc1ccccc1. The van der Waals surface area contributed by atoms with Gasteiger partial charge in [-0.1, -0.05) is 74.5 Å². The van der Waals surface area contributed by atoms with E-state index in [1.54, 1.807) is 16.7 Å². The smallest absolute Gasteiger partial charge is 0.243 e. The molecule has 4 nitrogen and oxygen atoms in total. The summed E-state index contributed by atoms with van der Waals surface area (Å²) in [5.74, 6) is 1.07. The van der Waals surface area contributed by atoms with Crippen molar-refractivity contribution in [1.29, 1.82) is 0 Å². The summed E-state index contributed by atoms with van der Waals surface area (Å²) in [4.78, 5) is 27.7. The molecule has 2 aromatic rings. The fraction of sp³-hybridized carbons (Fsp3) is 0.417. The highest BCUT2D eigenvalue weighted by molar-refractivity contribution is 7.99. The topological polar surface area (TPSA) is 49.4 Å². The van der Waals surface area contributed by atoms with Gasteiger partial charge < -0.3 is 10.2 Å². The zero-order valence-electron chi connectivity index (χ0n) is 17.6. The van der Waals surface area contributed by atoms with E-state index in [1.807, 2.05) is 69.3 Å². The largest absolute Gasteiger partial charge is 0.352 e. The van der Waals surface area contributed by atoms with Crippen molar-refractivity contribution in [3.05, 3.63) is 71.8 Å². The molecule has 0 unspecified atom stereocenters. The molecule has 0 aliphatic carbocycles. The Morgan fingerprint density at radius 1 is 0.931 bits per heavy atom. The first-order chi connectivity index (χ1) is 14.0. The third-order valence-electron chi connectivity index (χ3n) is 4.92. The van der Waals surface area contributed by atoms with Crippen molar-refractivity contribution >= 4 is 23.6 Å². The summed E-state index contributed by atoms with van der Waals surface area (Å²) in [6, 6.07) is 19.6. The summed E-state index contributed by atoms with van der Waals surface area (Å²) >= 11 is 1.59. The molecule has 5 heteroatoms. The van der Waals surface area contributed by atoms with Gasteiger partial charge in [0, 0.05) is 18.3 Å². The summed E-state index contributed by atoms with van der Waals surface area (Å²) in [5, 5.41) is 3.04. The molecule has 0 aliphatic heterocycles. The Bertz CT molecular complexity index is 752. The van der Waals surface area contributed by atoms with Crippen molar-refractivity contribution in [2.75, 3.05) is 5.75 Å². The number of benzene rings is 2. The third-order valence-corrected chi connectivity index (χ3v) is 5.91. The summed E-state index contributed by atoms with van der Waals surface area (Å²) in [6.07, 6.45) is 1.45. The maximum atomic E-state index is 13.1. The van der Waals surface area contributed by atoms with E-state index in [4.69, 9.17) is 0 Å². The molecule has 2 amide bonds. The van der Waals surface area contributed by atoms with Crippen molar-refractivity contribution in [1.82, 2.24) is 10.2 Å². The van der Waals surface area contributed by atoms with Crippen molar-refractivity contribution in [2.45, 2.75) is 58.0 Å². The summed E-state index contributed by atoms with van der Waals surface area (Å²) in [6.45, 7) is 6.43. The van der Waals surface area contributed by atoms with Crippen molar-refractivity contribution in [3.63, 3.8) is 0 Å². The van der Waals surface area contributed by atoms with E-state index in [1.165, 1.54) is 5.56 Å². The second-order valence-electron chi connectivity index (χ2n) is 7.23. The van der Waals surface area contributed by atoms with Crippen molar-refractivity contribution in [3.8, 4) is 0 Å². The summed E-state index contributed by atoms with van der Waals surface area (Å²) in [7, 11) is 0. The number of nitrogens with zero attached hydrogens (tertiary/aromatic N) is 1. The molecule has 0 fully saturated rings. The molecule has 29 heavy (non-hydrogen) atoms. The van der Waals surface area contributed by atoms with Crippen LogP contribution in [0, 0.1) is 0 Å². The number of hydrogen-bond donors (Lipinski definition) is 1. The van der Waals surface area contributed by atoms with E-state index in [-0.39, 0.29) is 17.9 Å². The van der Waals surface area contributed by atoms with Crippen LogP contribution >= 0.6 is 11.8 Å². The minimum absolute atomic E-state index is 0.000866. The molecule has 0 aromatic heterocycles. The molecular formula is C24H32N2O2S. The zero-order chi connectivity index (χ0) is 21.1. The lowest BCUT2D eigenvalue weighted by Gasteiger charge is -2.31. The molecule has 0 saturated heterocycles. The van der Waals surface area contributed by atoms with Gasteiger partial charge in [-0.2, -0.15) is 0 Å². The number of hydrogen-bond acceptors (Lipinski definition) is 3. The quantitative estimate of drug-likeness (QED) is 0.585. The average Bonchev–Trinajstić information content (AvgIpc) is 2.74. The maximum Gasteiger partial charge on any atom is 0.243 e. The number of amides is 2. The van der Waals surface area contributed by atoms with Gasteiger partial charge in [0.1, 0.15) is 6.04 Å². The normalized spacial score (nSPS) is 12.8. The maximum absolute atomic E-state index is 13.1. The molecule has 1 N–H and O–H groups in total. The van der Waals surface area contributed by atoms with Crippen molar-refractivity contribution < 1.29 is 9.59 Å². The van der Waals surface area contributed by atoms with E-state index in [9.17, 15) is 9.59 Å². The Kier molecular flexibility index (Phi) is 9.78. The zero-order valence-corrected chi connectivity index (χ0v) is 18.5. The number of thioether (sulfide) groups is 1. The Morgan fingerprint density at radius 3 is 2.07 bits per heavy atom. The molecule has 0 bridgehead atoms. The van der Waals surface area contributed by atoms with Gasteiger partial charge in [-0.3, -0.25) is 9.59 Å². The third kappa shape index (κ3) is 7.58. The first-order valence-corrected chi connectivity index (χ1v) is 11.5. The standard InChI is InChI=1S/C24H32N2O2S/c1-4-19(3)25-24(28)22(5-2)26(16-20-12-8-6-9-13-20)23(27)18-29-17-21-14-10-7-11-15-21/h6-15,19,22H,4-5,16-18H2,1-3H3,(H,25,28)/t19-,22-/m0/s1. The van der Waals surface area contributed by atoms with E-state index in [0.717, 1.165) is 17.7 Å². The van der Waals surface area contributed by atoms with Gasteiger partial charge in [-0.05, 0) is 30.9 Å². The predicted molar refractivity (Wildman–Crippen MR) is 122 cm³/mol. The van der Waals surface area contributed by atoms with Crippen LogP contribution in [0.1, 0.15) is 44.7 Å². The molecule has 2 rings (SSSR count). The van der Waals surface area contributed by atoms with Crippen molar-refractivity contribution in [2.24, 2.45) is 0 Å². The van der Waals surface area contributed by atoms with Crippen LogP contribution in [-0.2, 0) is 21.9 Å². The number of nitrogens with one attached hydrogen (secondary N) is 1. The summed E-state index contributed by atoms with van der Waals surface area (Å²) in [5.41, 5.74) is 2.23. The number of carbonyl (C=O) groups is 2. The molecular weight excluding hydrogens is 380 g/mol. The van der Waals surface area contributed by atoms with Crippen LogP contribution in [0.5, 0.6) is 0 Å². The first-order valence-electron chi connectivity index (χ1n) is 10.3. The molecule has 0 saturated carbocycles.